The van der Waals surface area contributed by atoms with Gasteiger partial charge >= 0.3 is 12.1 Å². The molecule has 1 saturated carbocycles. The molecule has 49 heavy (non-hydrogen) atoms. The van der Waals surface area contributed by atoms with Gasteiger partial charge in [-0.1, -0.05) is 88.7 Å². The van der Waals surface area contributed by atoms with Crippen molar-refractivity contribution in [1.82, 2.24) is 19.5 Å². The third-order valence-electron chi connectivity index (χ3n) is 9.92. The molecule has 1 aliphatic rings. The summed E-state index contributed by atoms with van der Waals surface area (Å²) in [4.78, 5) is 39.4. The number of esters is 1. The molecule has 1 fully saturated rings. The molecule has 2 heterocycles. The molecule has 2 aromatic heterocycles. The summed E-state index contributed by atoms with van der Waals surface area (Å²) in [6.07, 6.45) is 1.45. The molecule has 5 rings (SSSR count). The third kappa shape index (κ3) is 8.00. The number of hydrogen-bond acceptors (Lipinski definition) is 8. The largest absolute Gasteiger partial charge is 0.462 e. The van der Waals surface area contributed by atoms with Crippen LogP contribution in [0.4, 0.5) is 10.7 Å². The van der Waals surface area contributed by atoms with Crippen LogP contribution in [0, 0.1) is 11.3 Å². The topological polar surface area (TPSA) is 117 Å². The third-order valence-corrected chi connectivity index (χ3v) is 14.7. The molecular weight excluding hydrogens is 658 g/mol. The molecule has 3 atom stereocenters. The van der Waals surface area contributed by atoms with E-state index >= 15 is 0 Å². The molecule has 1 aliphatic carbocycles. The molecule has 0 bridgehead atoms. The number of amides is 1. The second-order valence-electron chi connectivity index (χ2n) is 15.9. The van der Waals surface area contributed by atoms with Crippen molar-refractivity contribution < 1.29 is 23.5 Å². The minimum atomic E-state index is -2.23. The number of imidazole rings is 1. The van der Waals surface area contributed by atoms with Crippen LogP contribution in [0.5, 0.6) is 0 Å². The lowest BCUT2D eigenvalue weighted by Gasteiger charge is -2.41. The summed E-state index contributed by atoms with van der Waals surface area (Å²) in [5.74, 6) is -0.508. The Labute approximate surface area is 295 Å². The Kier molecular flexibility index (Phi) is 10.0. The smallest absolute Gasteiger partial charge is 0.414 e. The van der Waals surface area contributed by atoms with E-state index in [9.17, 15) is 9.59 Å². The van der Waals surface area contributed by atoms with Crippen molar-refractivity contribution in [3.63, 3.8) is 0 Å². The summed E-state index contributed by atoms with van der Waals surface area (Å²) >= 11 is 6.56. The standard InChI is InChI=1S/C37H48ClN5O5Si/c1-35(2,3)47-34(45)42-33-40-30(38)29-31(41-33)43(22-39-29)28-20-27(48-49(9,10)36(4,5)6)26(37(28,7)8)21-46-32(44)25-18-16-24(17-19-25)23-14-12-11-13-15-23/h11-19,22,26-28H,20-21H2,1-10H3,(H,40,41,42,45)/t26-,27+,28+/m1/s1. The highest BCUT2D eigenvalue weighted by Crippen LogP contribution is 2.54. The van der Waals surface area contributed by atoms with Crippen LogP contribution < -0.4 is 5.32 Å². The number of carbonyl (C=O) groups is 2. The normalized spacial score (nSPS) is 19.5. The average Bonchev–Trinajstić information content (AvgIpc) is 3.52. The van der Waals surface area contributed by atoms with E-state index in [1.807, 2.05) is 47.0 Å². The molecule has 4 aromatic rings. The number of rotatable bonds is 8. The zero-order valence-corrected chi connectivity index (χ0v) is 31.9. The number of fused-ring (bicyclic) bond motifs is 1. The Morgan fingerprint density at radius 2 is 1.61 bits per heavy atom. The van der Waals surface area contributed by atoms with E-state index in [-0.39, 0.29) is 46.8 Å². The van der Waals surface area contributed by atoms with E-state index in [1.54, 1.807) is 39.2 Å². The van der Waals surface area contributed by atoms with E-state index < -0.39 is 25.4 Å². The Hall–Kier alpha value is -3.80. The van der Waals surface area contributed by atoms with Crippen LogP contribution in [0.25, 0.3) is 22.3 Å². The lowest BCUT2D eigenvalue weighted by Crippen LogP contribution is -2.46. The van der Waals surface area contributed by atoms with Crippen molar-refractivity contribution in [3.05, 3.63) is 71.6 Å². The van der Waals surface area contributed by atoms with E-state index in [4.69, 9.17) is 25.5 Å². The molecule has 0 aliphatic heterocycles. The molecule has 0 spiro atoms. The number of carbonyl (C=O) groups excluding carboxylic acids is 2. The number of halogens is 1. The molecule has 0 radical (unpaired) electrons. The van der Waals surface area contributed by atoms with Gasteiger partial charge in [-0.15, -0.1) is 0 Å². The average molecular weight is 706 g/mol. The molecule has 12 heteroatoms. The van der Waals surface area contributed by atoms with Gasteiger partial charge in [0, 0.05) is 12.0 Å². The van der Waals surface area contributed by atoms with Gasteiger partial charge in [-0.3, -0.25) is 5.32 Å². The maximum atomic E-state index is 13.4. The number of anilines is 1. The van der Waals surface area contributed by atoms with Crippen molar-refractivity contribution in [3.8, 4) is 11.1 Å². The summed E-state index contributed by atoms with van der Waals surface area (Å²) in [7, 11) is -2.23. The Bertz CT molecular complexity index is 1810. The van der Waals surface area contributed by atoms with Crippen molar-refractivity contribution in [2.24, 2.45) is 11.3 Å². The van der Waals surface area contributed by atoms with Gasteiger partial charge in [0.05, 0.1) is 24.6 Å². The number of benzene rings is 2. The van der Waals surface area contributed by atoms with Gasteiger partial charge in [-0.25, -0.2) is 14.6 Å². The minimum absolute atomic E-state index is 0.0159. The van der Waals surface area contributed by atoms with E-state index in [0.717, 1.165) is 11.1 Å². The molecule has 1 N–H and O–H groups in total. The molecule has 0 unspecified atom stereocenters. The van der Waals surface area contributed by atoms with E-state index in [1.165, 1.54) is 0 Å². The van der Waals surface area contributed by atoms with Crippen LogP contribution in [0.3, 0.4) is 0 Å². The molecule has 0 saturated heterocycles. The summed E-state index contributed by atoms with van der Waals surface area (Å²) in [6.45, 7) is 20.9. The number of aromatic nitrogens is 4. The van der Waals surface area contributed by atoms with Gasteiger partial charge in [0.2, 0.25) is 5.95 Å². The first kappa shape index (κ1) is 36.5. The van der Waals surface area contributed by atoms with E-state index in [0.29, 0.717) is 23.1 Å². The van der Waals surface area contributed by atoms with Crippen LogP contribution in [0.15, 0.2) is 60.9 Å². The summed E-state index contributed by atoms with van der Waals surface area (Å²) in [6, 6.07) is 17.4. The van der Waals surface area contributed by atoms with Gasteiger partial charge in [-0.05, 0) is 74.0 Å². The van der Waals surface area contributed by atoms with Crippen molar-refractivity contribution in [1.29, 1.82) is 0 Å². The number of hydrogen-bond donors (Lipinski definition) is 1. The lowest BCUT2D eigenvalue weighted by atomic mass is 9.79. The lowest BCUT2D eigenvalue weighted by molar-refractivity contribution is 0.0114. The zero-order valence-electron chi connectivity index (χ0n) is 30.1. The Morgan fingerprint density at radius 3 is 2.22 bits per heavy atom. The Morgan fingerprint density at radius 1 is 0.980 bits per heavy atom. The molecular formula is C37H48ClN5O5Si. The predicted molar refractivity (Wildman–Crippen MR) is 195 cm³/mol. The van der Waals surface area contributed by atoms with E-state index in [2.05, 4.69) is 68.0 Å². The van der Waals surface area contributed by atoms with Gasteiger partial charge in [-0.2, -0.15) is 9.97 Å². The van der Waals surface area contributed by atoms with Crippen LogP contribution in [-0.2, 0) is 13.9 Å². The molecule has 1 amide bonds. The van der Waals surface area contributed by atoms with Crippen molar-refractivity contribution >= 4 is 49.1 Å². The fourth-order valence-electron chi connectivity index (χ4n) is 6.13. The fraction of sp³-hybridized carbons (Fsp3) is 0.486. The highest BCUT2D eigenvalue weighted by Gasteiger charge is 2.54. The monoisotopic (exact) mass is 705 g/mol. The predicted octanol–water partition coefficient (Wildman–Crippen LogP) is 9.33. The van der Waals surface area contributed by atoms with Crippen molar-refractivity contribution in [2.45, 2.75) is 97.7 Å². The quantitative estimate of drug-likeness (QED) is 0.109. The molecule has 262 valence electrons. The SMILES string of the molecule is CC(C)(C)OC(=O)Nc1nc(Cl)c2ncn([C@H]3C[C@H](O[Si](C)(C)C(C)(C)C)[C@@H](COC(=O)c4ccc(-c5ccccc5)cc4)C3(C)C)c2n1. The molecule has 10 nitrogen and oxygen atoms in total. The Balaban J connectivity index is 1.43. The van der Waals surface area contributed by atoms with Crippen LogP contribution in [0.2, 0.25) is 23.3 Å². The highest BCUT2D eigenvalue weighted by molar-refractivity contribution is 6.74. The van der Waals surface area contributed by atoms with Crippen molar-refractivity contribution in [2.75, 3.05) is 11.9 Å². The number of ether oxygens (including phenoxy) is 2. The van der Waals surface area contributed by atoms with Gasteiger partial charge in [0.1, 0.15) is 11.1 Å². The van der Waals surface area contributed by atoms with Gasteiger partial charge < -0.3 is 18.5 Å². The maximum Gasteiger partial charge on any atom is 0.414 e. The number of nitrogens with one attached hydrogen (secondary N) is 1. The summed E-state index contributed by atoms with van der Waals surface area (Å²) < 4.78 is 20.5. The van der Waals surface area contributed by atoms with Crippen LogP contribution in [-0.4, -0.2) is 58.2 Å². The number of nitrogens with zero attached hydrogens (tertiary/aromatic N) is 4. The van der Waals surface area contributed by atoms with Crippen LogP contribution >= 0.6 is 11.6 Å². The summed E-state index contributed by atoms with van der Waals surface area (Å²) in [5, 5.41) is 2.69. The van der Waals surface area contributed by atoms with Gasteiger partial charge in [0.15, 0.2) is 19.1 Å². The maximum absolute atomic E-state index is 13.4. The highest BCUT2D eigenvalue weighted by atomic mass is 35.5. The first-order chi connectivity index (χ1) is 22.8. The van der Waals surface area contributed by atoms with Crippen LogP contribution in [0.1, 0.15) is 78.2 Å². The first-order valence-corrected chi connectivity index (χ1v) is 20.0. The second-order valence-corrected chi connectivity index (χ2v) is 21.0. The minimum Gasteiger partial charge on any atom is -0.462 e. The first-order valence-electron chi connectivity index (χ1n) is 16.7. The summed E-state index contributed by atoms with van der Waals surface area (Å²) in [5.41, 5.74) is 2.37. The van der Waals surface area contributed by atoms with Gasteiger partial charge in [0.25, 0.3) is 0 Å². The zero-order chi connectivity index (χ0) is 35.9. The fourth-order valence-corrected chi connectivity index (χ4v) is 7.72. The molecule has 2 aromatic carbocycles. The second kappa shape index (κ2) is 13.5.